The van der Waals surface area contributed by atoms with Gasteiger partial charge in [-0.2, -0.15) is 0 Å². The molecule has 0 spiro atoms. The number of hydrogen-bond acceptors (Lipinski definition) is 1. The van der Waals surface area contributed by atoms with Gasteiger partial charge in [-0.15, -0.1) is 6.42 Å². The number of rotatable bonds is 2. The van der Waals surface area contributed by atoms with Crippen molar-refractivity contribution in [1.29, 1.82) is 0 Å². The van der Waals surface area contributed by atoms with Gasteiger partial charge >= 0.3 is 6.03 Å². The van der Waals surface area contributed by atoms with Crippen molar-refractivity contribution in [3.8, 4) is 12.3 Å². The molecule has 78 valence electrons. The van der Waals surface area contributed by atoms with Crippen LogP contribution in [0.25, 0.3) is 0 Å². The smallest absolute Gasteiger partial charge is 0.320 e. The van der Waals surface area contributed by atoms with Crippen molar-refractivity contribution in [2.75, 3.05) is 5.32 Å². The van der Waals surface area contributed by atoms with Gasteiger partial charge in [0.2, 0.25) is 0 Å². The van der Waals surface area contributed by atoms with Gasteiger partial charge in [-0.1, -0.05) is 24.1 Å². The SMILES string of the molecule is C#C[C@H](C)NC(=O)Nc1ccccc1C. The maximum atomic E-state index is 11.4. The fraction of sp³-hybridized carbons (Fsp3) is 0.250. The van der Waals surface area contributed by atoms with Crippen LogP contribution in [0.5, 0.6) is 0 Å². The number of carbonyl (C=O) groups excluding carboxylic acids is 1. The van der Waals surface area contributed by atoms with Crippen molar-refractivity contribution in [2.24, 2.45) is 0 Å². The monoisotopic (exact) mass is 202 g/mol. The number of benzene rings is 1. The molecule has 1 aromatic carbocycles. The molecule has 0 aliphatic rings. The number of para-hydroxylation sites is 1. The van der Waals surface area contributed by atoms with Crippen LogP contribution in [0.1, 0.15) is 12.5 Å². The number of nitrogens with one attached hydrogen (secondary N) is 2. The second-order valence-corrected chi connectivity index (χ2v) is 3.30. The Bertz CT molecular complexity index is 393. The minimum atomic E-state index is -0.283. The number of aryl methyl sites for hydroxylation is 1. The van der Waals surface area contributed by atoms with E-state index in [-0.39, 0.29) is 12.1 Å². The second kappa shape index (κ2) is 5.06. The average molecular weight is 202 g/mol. The van der Waals surface area contributed by atoms with E-state index in [1.54, 1.807) is 6.92 Å². The van der Waals surface area contributed by atoms with E-state index in [0.717, 1.165) is 11.3 Å². The quantitative estimate of drug-likeness (QED) is 0.709. The van der Waals surface area contributed by atoms with E-state index in [2.05, 4.69) is 16.6 Å². The Balaban J connectivity index is 2.60. The van der Waals surface area contributed by atoms with Crippen molar-refractivity contribution in [3.63, 3.8) is 0 Å². The lowest BCUT2D eigenvalue weighted by atomic mass is 10.2. The van der Waals surface area contributed by atoms with Gasteiger partial charge < -0.3 is 10.6 Å². The molecule has 1 atom stereocenters. The van der Waals surface area contributed by atoms with Crippen LogP contribution < -0.4 is 10.6 Å². The molecule has 0 unspecified atom stereocenters. The Hall–Kier alpha value is -1.95. The first kappa shape index (κ1) is 11.1. The molecule has 3 nitrogen and oxygen atoms in total. The van der Waals surface area contributed by atoms with Crippen LogP contribution in [0, 0.1) is 19.3 Å². The van der Waals surface area contributed by atoms with Crippen molar-refractivity contribution in [2.45, 2.75) is 19.9 Å². The van der Waals surface area contributed by atoms with E-state index >= 15 is 0 Å². The molecule has 0 radical (unpaired) electrons. The summed E-state index contributed by atoms with van der Waals surface area (Å²) in [6.45, 7) is 3.68. The highest BCUT2D eigenvalue weighted by atomic mass is 16.2. The maximum Gasteiger partial charge on any atom is 0.320 e. The van der Waals surface area contributed by atoms with Crippen molar-refractivity contribution in [1.82, 2.24) is 5.32 Å². The van der Waals surface area contributed by atoms with E-state index in [4.69, 9.17) is 6.42 Å². The number of carbonyl (C=O) groups is 1. The molecule has 0 heterocycles. The van der Waals surface area contributed by atoms with Gasteiger partial charge in [0.1, 0.15) is 0 Å². The predicted molar refractivity (Wildman–Crippen MR) is 61.6 cm³/mol. The standard InChI is InChI=1S/C12H14N2O/c1-4-10(3)13-12(15)14-11-8-6-5-7-9(11)2/h1,5-8,10H,2-3H3,(H2,13,14,15)/t10-/m0/s1. The lowest BCUT2D eigenvalue weighted by Crippen LogP contribution is -2.35. The minimum Gasteiger partial charge on any atom is -0.325 e. The first-order valence-electron chi connectivity index (χ1n) is 4.72. The van der Waals surface area contributed by atoms with E-state index < -0.39 is 0 Å². The van der Waals surface area contributed by atoms with Gasteiger partial charge in [-0.05, 0) is 25.5 Å². The molecular formula is C12H14N2O. The number of terminal acetylenes is 1. The minimum absolute atomic E-state index is 0.269. The van der Waals surface area contributed by atoms with E-state index in [1.165, 1.54) is 0 Å². The van der Waals surface area contributed by atoms with Crippen molar-refractivity contribution in [3.05, 3.63) is 29.8 Å². The Morgan fingerprint density at radius 1 is 1.47 bits per heavy atom. The molecule has 2 amide bonds. The van der Waals surface area contributed by atoms with Crippen LogP contribution >= 0.6 is 0 Å². The Morgan fingerprint density at radius 3 is 2.73 bits per heavy atom. The summed E-state index contributed by atoms with van der Waals surface area (Å²) in [5.74, 6) is 2.42. The number of urea groups is 1. The third kappa shape index (κ3) is 3.35. The zero-order chi connectivity index (χ0) is 11.3. The van der Waals surface area contributed by atoms with Crippen LogP contribution in [0.15, 0.2) is 24.3 Å². The van der Waals surface area contributed by atoms with Gasteiger partial charge in [-0.3, -0.25) is 0 Å². The van der Waals surface area contributed by atoms with Gasteiger partial charge in [0, 0.05) is 5.69 Å². The fourth-order valence-corrected chi connectivity index (χ4v) is 1.11. The molecule has 0 saturated carbocycles. The highest BCUT2D eigenvalue weighted by Crippen LogP contribution is 2.12. The third-order valence-electron chi connectivity index (χ3n) is 1.99. The molecule has 0 fully saturated rings. The lowest BCUT2D eigenvalue weighted by Gasteiger charge is -2.11. The topological polar surface area (TPSA) is 41.1 Å². The summed E-state index contributed by atoms with van der Waals surface area (Å²) in [5.41, 5.74) is 1.81. The van der Waals surface area contributed by atoms with Crippen LogP contribution in [0.2, 0.25) is 0 Å². The molecule has 0 saturated heterocycles. The Kier molecular flexibility index (Phi) is 3.75. The summed E-state index contributed by atoms with van der Waals surface area (Å²) in [7, 11) is 0. The van der Waals surface area contributed by atoms with Crippen LogP contribution in [-0.2, 0) is 0 Å². The summed E-state index contributed by atoms with van der Waals surface area (Å²) in [6, 6.07) is 7.01. The van der Waals surface area contributed by atoms with Crippen LogP contribution in [0.4, 0.5) is 10.5 Å². The highest BCUT2D eigenvalue weighted by molar-refractivity contribution is 5.90. The Morgan fingerprint density at radius 2 is 2.13 bits per heavy atom. The normalized spacial score (nSPS) is 11.3. The molecule has 3 heteroatoms. The maximum absolute atomic E-state index is 11.4. The number of anilines is 1. The summed E-state index contributed by atoms with van der Waals surface area (Å²) in [6.07, 6.45) is 5.15. The van der Waals surface area contributed by atoms with Gasteiger partial charge in [0.05, 0.1) is 6.04 Å². The van der Waals surface area contributed by atoms with Gasteiger partial charge in [0.25, 0.3) is 0 Å². The first-order chi connectivity index (χ1) is 7.13. The van der Waals surface area contributed by atoms with E-state index in [9.17, 15) is 4.79 Å². The highest BCUT2D eigenvalue weighted by Gasteiger charge is 2.05. The van der Waals surface area contributed by atoms with Gasteiger partial charge in [-0.25, -0.2) is 4.79 Å². The second-order valence-electron chi connectivity index (χ2n) is 3.30. The van der Waals surface area contributed by atoms with Crippen LogP contribution in [0.3, 0.4) is 0 Å². The summed E-state index contributed by atoms with van der Waals surface area (Å²) < 4.78 is 0. The third-order valence-corrected chi connectivity index (χ3v) is 1.99. The molecule has 1 aromatic rings. The Labute approximate surface area is 89.9 Å². The molecule has 1 rings (SSSR count). The summed E-state index contributed by atoms with van der Waals surface area (Å²) in [4.78, 5) is 11.4. The lowest BCUT2D eigenvalue weighted by molar-refractivity contribution is 0.251. The van der Waals surface area contributed by atoms with Gasteiger partial charge in [0.15, 0.2) is 0 Å². The molecule has 15 heavy (non-hydrogen) atoms. The molecule has 0 aliphatic heterocycles. The average Bonchev–Trinajstić information content (AvgIpc) is 2.21. The molecular weight excluding hydrogens is 188 g/mol. The fourth-order valence-electron chi connectivity index (χ4n) is 1.11. The predicted octanol–water partition coefficient (Wildman–Crippen LogP) is 2.14. The molecule has 0 aromatic heterocycles. The van der Waals surface area contributed by atoms with E-state index in [1.807, 2.05) is 31.2 Å². The zero-order valence-corrected chi connectivity index (χ0v) is 8.87. The van der Waals surface area contributed by atoms with Crippen molar-refractivity contribution >= 4 is 11.7 Å². The van der Waals surface area contributed by atoms with Crippen molar-refractivity contribution < 1.29 is 4.79 Å². The van der Waals surface area contributed by atoms with E-state index in [0.29, 0.717) is 0 Å². The number of amides is 2. The molecule has 0 aliphatic carbocycles. The summed E-state index contributed by atoms with van der Waals surface area (Å²) >= 11 is 0. The largest absolute Gasteiger partial charge is 0.325 e. The molecule has 0 bridgehead atoms. The number of hydrogen-bond donors (Lipinski definition) is 2. The van der Waals surface area contributed by atoms with Crippen LogP contribution in [-0.4, -0.2) is 12.1 Å². The molecule has 2 N–H and O–H groups in total. The summed E-state index contributed by atoms with van der Waals surface area (Å²) in [5, 5.41) is 5.35. The first-order valence-corrected chi connectivity index (χ1v) is 4.72. The zero-order valence-electron chi connectivity index (χ0n) is 8.87.